The standard InChI is InChI=1S/C18H28N2O2/c1-4-8-18(22,9-5-2)11-17(21)19-16-7-6-14-12-20(3)13-15(14)10-16/h6-7,10,22H,4-5,8-9,11-13H2,1-3H3,(H,19,21). The Balaban J connectivity index is 1.98. The lowest BCUT2D eigenvalue weighted by atomic mass is 9.89. The van der Waals surface area contributed by atoms with Crippen molar-refractivity contribution in [1.82, 2.24) is 4.90 Å². The third-order valence-electron chi connectivity index (χ3n) is 4.29. The summed E-state index contributed by atoms with van der Waals surface area (Å²) in [5.41, 5.74) is 2.56. The second-order valence-electron chi connectivity index (χ2n) is 6.61. The third kappa shape index (κ3) is 4.31. The highest BCUT2D eigenvalue weighted by Gasteiger charge is 2.28. The highest BCUT2D eigenvalue weighted by atomic mass is 16.3. The summed E-state index contributed by atoms with van der Waals surface area (Å²) in [7, 11) is 2.09. The average Bonchev–Trinajstić information content (AvgIpc) is 2.78. The van der Waals surface area contributed by atoms with Crippen LogP contribution in [0.25, 0.3) is 0 Å². The Bertz CT molecular complexity index is 522. The van der Waals surface area contributed by atoms with Crippen molar-refractivity contribution in [1.29, 1.82) is 0 Å². The van der Waals surface area contributed by atoms with Gasteiger partial charge >= 0.3 is 0 Å². The van der Waals surface area contributed by atoms with Gasteiger partial charge in [0.2, 0.25) is 5.91 Å². The lowest BCUT2D eigenvalue weighted by molar-refractivity contribution is -0.121. The molecule has 0 saturated heterocycles. The van der Waals surface area contributed by atoms with Gasteiger partial charge in [0.05, 0.1) is 12.0 Å². The van der Waals surface area contributed by atoms with E-state index in [1.807, 2.05) is 19.9 Å². The van der Waals surface area contributed by atoms with E-state index in [2.05, 4.69) is 29.4 Å². The fourth-order valence-corrected chi connectivity index (χ4v) is 3.38. The van der Waals surface area contributed by atoms with Crippen LogP contribution in [0.2, 0.25) is 0 Å². The molecule has 2 rings (SSSR count). The van der Waals surface area contributed by atoms with Gasteiger partial charge in [-0.1, -0.05) is 32.8 Å². The van der Waals surface area contributed by atoms with Crippen molar-refractivity contribution in [3.63, 3.8) is 0 Å². The number of rotatable bonds is 7. The number of aliphatic hydroxyl groups is 1. The van der Waals surface area contributed by atoms with E-state index in [-0.39, 0.29) is 12.3 Å². The predicted octanol–water partition coefficient (Wildman–Crippen LogP) is 3.29. The molecule has 0 saturated carbocycles. The molecule has 122 valence electrons. The van der Waals surface area contributed by atoms with Crippen LogP contribution in [-0.2, 0) is 17.9 Å². The van der Waals surface area contributed by atoms with E-state index in [9.17, 15) is 9.90 Å². The quantitative estimate of drug-likeness (QED) is 0.812. The number of nitrogens with zero attached hydrogens (tertiary/aromatic N) is 1. The second-order valence-corrected chi connectivity index (χ2v) is 6.61. The molecule has 2 N–H and O–H groups in total. The zero-order valence-corrected chi connectivity index (χ0v) is 14.0. The van der Waals surface area contributed by atoms with Crippen molar-refractivity contribution in [3.8, 4) is 0 Å². The number of carbonyl (C=O) groups is 1. The number of fused-ring (bicyclic) bond motifs is 1. The Kier molecular flexibility index (Phi) is 5.59. The molecule has 1 aliphatic rings. The summed E-state index contributed by atoms with van der Waals surface area (Å²) in [5, 5.41) is 13.5. The first-order valence-electron chi connectivity index (χ1n) is 8.28. The maximum Gasteiger partial charge on any atom is 0.227 e. The van der Waals surface area contributed by atoms with E-state index in [4.69, 9.17) is 0 Å². The van der Waals surface area contributed by atoms with Crippen LogP contribution in [0.5, 0.6) is 0 Å². The number of amides is 1. The van der Waals surface area contributed by atoms with Gasteiger partial charge in [-0.3, -0.25) is 9.69 Å². The summed E-state index contributed by atoms with van der Waals surface area (Å²) in [6.07, 6.45) is 3.28. The summed E-state index contributed by atoms with van der Waals surface area (Å²) in [6, 6.07) is 6.09. The van der Waals surface area contributed by atoms with Gasteiger partial charge in [0.25, 0.3) is 0 Å². The first-order chi connectivity index (χ1) is 10.5. The summed E-state index contributed by atoms with van der Waals surface area (Å²) in [5.74, 6) is -0.101. The third-order valence-corrected chi connectivity index (χ3v) is 4.29. The fraction of sp³-hybridized carbons (Fsp3) is 0.611. The topological polar surface area (TPSA) is 52.6 Å². The summed E-state index contributed by atoms with van der Waals surface area (Å²) in [6.45, 7) is 5.97. The Morgan fingerprint density at radius 1 is 1.23 bits per heavy atom. The molecule has 0 radical (unpaired) electrons. The van der Waals surface area contributed by atoms with Gasteiger partial charge in [-0.25, -0.2) is 0 Å². The molecular weight excluding hydrogens is 276 g/mol. The zero-order valence-electron chi connectivity index (χ0n) is 14.0. The van der Waals surface area contributed by atoms with Crippen LogP contribution < -0.4 is 5.32 Å². The molecule has 4 heteroatoms. The van der Waals surface area contributed by atoms with Crippen molar-refractivity contribution in [2.45, 2.75) is 64.6 Å². The van der Waals surface area contributed by atoms with Gasteiger partial charge in [0.15, 0.2) is 0 Å². The SMILES string of the molecule is CCCC(O)(CCC)CC(=O)Nc1ccc2c(c1)CN(C)C2. The lowest BCUT2D eigenvalue weighted by Crippen LogP contribution is -2.33. The maximum atomic E-state index is 12.3. The first-order valence-corrected chi connectivity index (χ1v) is 8.28. The minimum Gasteiger partial charge on any atom is -0.389 e. The molecule has 0 atom stereocenters. The number of hydrogen-bond acceptors (Lipinski definition) is 3. The van der Waals surface area contributed by atoms with Crippen LogP contribution in [0.3, 0.4) is 0 Å². The van der Waals surface area contributed by atoms with Gasteiger partial charge in [0.1, 0.15) is 0 Å². The normalized spacial score (nSPS) is 14.9. The highest BCUT2D eigenvalue weighted by molar-refractivity contribution is 5.91. The maximum absolute atomic E-state index is 12.3. The van der Waals surface area contributed by atoms with Crippen LogP contribution in [0.15, 0.2) is 18.2 Å². The van der Waals surface area contributed by atoms with Gasteiger partial charge in [0, 0.05) is 18.8 Å². The van der Waals surface area contributed by atoms with Crippen molar-refractivity contribution < 1.29 is 9.90 Å². The molecule has 0 fully saturated rings. The van der Waals surface area contributed by atoms with E-state index in [1.165, 1.54) is 11.1 Å². The van der Waals surface area contributed by atoms with E-state index in [0.29, 0.717) is 12.8 Å². The molecule has 22 heavy (non-hydrogen) atoms. The molecule has 0 spiro atoms. The van der Waals surface area contributed by atoms with Gasteiger partial charge in [-0.2, -0.15) is 0 Å². The number of carbonyl (C=O) groups excluding carboxylic acids is 1. The monoisotopic (exact) mass is 304 g/mol. The first kappa shape index (κ1) is 17.0. The molecule has 1 heterocycles. The van der Waals surface area contributed by atoms with Crippen molar-refractivity contribution in [2.24, 2.45) is 0 Å². The summed E-state index contributed by atoms with van der Waals surface area (Å²) in [4.78, 5) is 14.5. The van der Waals surface area contributed by atoms with Crippen LogP contribution in [0.4, 0.5) is 5.69 Å². The zero-order chi connectivity index (χ0) is 16.2. The Morgan fingerprint density at radius 2 is 1.86 bits per heavy atom. The molecule has 0 bridgehead atoms. The van der Waals surface area contributed by atoms with Crippen molar-refractivity contribution >= 4 is 11.6 Å². The van der Waals surface area contributed by atoms with Crippen LogP contribution in [-0.4, -0.2) is 28.6 Å². The molecule has 4 nitrogen and oxygen atoms in total. The molecule has 1 aliphatic heterocycles. The van der Waals surface area contributed by atoms with Gasteiger partial charge < -0.3 is 10.4 Å². The predicted molar refractivity (Wildman–Crippen MR) is 89.6 cm³/mol. The Morgan fingerprint density at radius 3 is 2.50 bits per heavy atom. The molecular formula is C18H28N2O2. The summed E-state index contributed by atoms with van der Waals surface area (Å²) >= 11 is 0. The lowest BCUT2D eigenvalue weighted by Gasteiger charge is -2.26. The molecule has 1 amide bonds. The molecule has 0 unspecified atom stereocenters. The highest BCUT2D eigenvalue weighted by Crippen LogP contribution is 2.26. The van der Waals surface area contributed by atoms with Crippen molar-refractivity contribution in [3.05, 3.63) is 29.3 Å². The smallest absolute Gasteiger partial charge is 0.227 e. The molecule has 1 aromatic carbocycles. The van der Waals surface area contributed by atoms with E-state index >= 15 is 0 Å². The van der Waals surface area contributed by atoms with E-state index in [0.717, 1.165) is 31.6 Å². The van der Waals surface area contributed by atoms with Crippen LogP contribution >= 0.6 is 0 Å². The van der Waals surface area contributed by atoms with E-state index < -0.39 is 5.60 Å². The summed E-state index contributed by atoms with van der Waals surface area (Å²) < 4.78 is 0. The van der Waals surface area contributed by atoms with Crippen LogP contribution in [0.1, 0.15) is 57.1 Å². The molecule has 0 aromatic heterocycles. The van der Waals surface area contributed by atoms with E-state index in [1.54, 1.807) is 0 Å². The Hall–Kier alpha value is -1.39. The number of nitrogens with one attached hydrogen (secondary N) is 1. The minimum atomic E-state index is -0.871. The number of anilines is 1. The minimum absolute atomic E-state index is 0.101. The second kappa shape index (κ2) is 7.25. The van der Waals surface area contributed by atoms with Crippen molar-refractivity contribution in [2.75, 3.05) is 12.4 Å². The van der Waals surface area contributed by atoms with Crippen LogP contribution in [0, 0.1) is 0 Å². The molecule has 1 aromatic rings. The fourth-order valence-electron chi connectivity index (χ4n) is 3.38. The Labute approximate surface area is 133 Å². The van der Waals surface area contributed by atoms with Gasteiger partial charge in [-0.15, -0.1) is 0 Å². The largest absolute Gasteiger partial charge is 0.389 e. The number of hydrogen-bond donors (Lipinski definition) is 2. The molecule has 0 aliphatic carbocycles. The average molecular weight is 304 g/mol. The van der Waals surface area contributed by atoms with Gasteiger partial charge in [-0.05, 0) is 43.1 Å². The number of benzene rings is 1.